The molecule has 8 heteroatoms. The maximum Gasteiger partial charge on any atom is 0.347 e. The lowest BCUT2D eigenvalue weighted by Crippen LogP contribution is -2.32. The lowest BCUT2D eigenvalue weighted by molar-refractivity contribution is -0.131. The second-order valence-corrected chi connectivity index (χ2v) is 6.55. The molecular weight excluding hydrogens is 372 g/mol. The topological polar surface area (TPSA) is 74.7 Å². The first-order chi connectivity index (χ1) is 11.8. The van der Waals surface area contributed by atoms with Crippen LogP contribution in [0.25, 0.3) is 6.08 Å². The number of halogens is 3. The number of carboxylic acid groups (broad SMARTS) is 1. The van der Waals surface area contributed by atoms with E-state index >= 15 is 0 Å². The molecule has 0 spiro atoms. The van der Waals surface area contributed by atoms with Gasteiger partial charge in [0.2, 0.25) is 0 Å². The molecule has 1 aromatic carbocycles. The van der Waals surface area contributed by atoms with E-state index in [0.29, 0.717) is 24.0 Å². The van der Waals surface area contributed by atoms with Crippen molar-refractivity contribution in [1.82, 2.24) is 0 Å². The van der Waals surface area contributed by atoms with Gasteiger partial charge in [-0.25, -0.2) is 14.1 Å². The summed E-state index contributed by atoms with van der Waals surface area (Å²) in [4.78, 5) is 36.7. The summed E-state index contributed by atoms with van der Waals surface area (Å²) >= 11 is 11.5. The second-order valence-electron chi connectivity index (χ2n) is 5.73. The fraction of sp³-hybridized carbons (Fsp3) is 0.235. The molecule has 0 aromatic heterocycles. The minimum atomic E-state index is -1.38. The van der Waals surface area contributed by atoms with Gasteiger partial charge in [0.05, 0.1) is 10.7 Å². The summed E-state index contributed by atoms with van der Waals surface area (Å²) in [6.07, 6.45) is 3.62. The fourth-order valence-electron chi connectivity index (χ4n) is 2.99. The van der Waals surface area contributed by atoms with Crippen LogP contribution in [0.5, 0.6) is 0 Å². The number of benzene rings is 1. The summed E-state index contributed by atoms with van der Waals surface area (Å²) in [7, 11) is 0. The molecule has 1 aliphatic heterocycles. The summed E-state index contributed by atoms with van der Waals surface area (Å²) in [6.45, 7) is 0. The Morgan fingerprint density at radius 3 is 2.24 bits per heavy atom. The molecule has 2 aliphatic rings. The van der Waals surface area contributed by atoms with Crippen molar-refractivity contribution in [3.63, 3.8) is 0 Å². The summed E-state index contributed by atoms with van der Waals surface area (Å²) < 4.78 is 14.4. The molecule has 1 N–H and O–H groups in total. The highest BCUT2D eigenvalue weighted by Gasteiger charge is 2.40. The van der Waals surface area contributed by atoms with Gasteiger partial charge in [0, 0.05) is 11.1 Å². The van der Waals surface area contributed by atoms with Gasteiger partial charge in [-0.05, 0) is 49.5 Å². The maximum absolute atomic E-state index is 14.4. The van der Waals surface area contributed by atoms with E-state index in [4.69, 9.17) is 28.3 Å². The van der Waals surface area contributed by atoms with Crippen molar-refractivity contribution in [3.05, 3.63) is 44.7 Å². The molecule has 0 atom stereocenters. The van der Waals surface area contributed by atoms with Gasteiger partial charge in [0.1, 0.15) is 10.8 Å². The molecule has 0 radical (unpaired) electrons. The summed E-state index contributed by atoms with van der Waals surface area (Å²) in [5, 5.41) is 8.23. The lowest BCUT2D eigenvalue weighted by atomic mass is 9.93. The van der Waals surface area contributed by atoms with E-state index in [0.717, 1.165) is 36.0 Å². The number of hydrogen-bond donors (Lipinski definition) is 1. The molecule has 0 saturated carbocycles. The van der Waals surface area contributed by atoms with Gasteiger partial charge >= 0.3 is 5.97 Å². The van der Waals surface area contributed by atoms with Crippen LogP contribution in [0.1, 0.15) is 31.2 Å². The highest BCUT2D eigenvalue weighted by molar-refractivity contribution is 6.43. The van der Waals surface area contributed by atoms with Crippen molar-refractivity contribution in [2.45, 2.75) is 25.7 Å². The van der Waals surface area contributed by atoms with Crippen LogP contribution in [-0.4, -0.2) is 22.9 Å². The van der Waals surface area contributed by atoms with E-state index in [1.165, 1.54) is 0 Å². The molecule has 0 fully saturated rings. The molecule has 1 heterocycles. The van der Waals surface area contributed by atoms with Crippen LogP contribution in [0.15, 0.2) is 28.3 Å². The first-order valence-electron chi connectivity index (χ1n) is 7.51. The van der Waals surface area contributed by atoms with E-state index in [2.05, 4.69) is 0 Å². The van der Waals surface area contributed by atoms with Crippen LogP contribution in [0.4, 0.5) is 10.1 Å². The monoisotopic (exact) mass is 383 g/mol. The van der Waals surface area contributed by atoms with Gasteiger partial charge in [-0.1, -0.05) is 23.2 Å². The zero-order valence-electron chi connectivity index (χ0n) is 12.8. The molecule has 0 saturated heterocycles. The number of rotatable bonds is 3. The number of anilines is 1. The van der Waals surface area contributed by atoms with Gasteiger partial charge in [0.25, 0.3) is 11.8 Å². The molecule has 5 nitrogen and oxygen atoms in total. The first-order valence-corrected chi connectivity index (χ1v) is 8.27. The molecule has 3 rings (SSSR count). The van der Waals surface area contributed by atoms with Crippen LogP contribution in [0, 0.1) is 5.82 Å². The predicted octanol–water partition coefficient (Wildman–Crippen LogP) is 3.89. The molecule has 1 aliphatic carbocycles. The zero-order chi connectivity index (χ0) is 18.3. The van der Waals surface area contributed by atoms with Crippen molar-refractivity contribution >= 4 is 52.7 Å². The van der Waals surface area contributed by atoms with Crippen LogP contribution >= 0.6 is 23.2 Å². The molecule has 25 heavy (non-hydrogen) atoms. The molecule has 0 bridgehead atoms. The Balaban J connectivity index is 2.07. The standard InChI is InChI=1S/C17H12Cl2FNO4/c18-11-7-13(20)14(6-8(11)5-12(19)17(24)25)21-15(22)9-3-1-2-4-10(9)16(21)23/h5-7H,1-4H2,(H,24,25)/b12-5-. The number of hydrogen-bond acceptors (Lipinski definition) is 3. The Morgan fingerprint density at radius 1 is 1.16 bits per heavy atom. The van der Waals surface area contributed by atoms with Crippen molar-refractivity contribution < 1.29 is 23.9 Å². The van der Waals surface area contributed by atoms with Gasteiger partial charge in [-0.15, -0.1) is 0 Å². The van der Waals surface area contributed by atoms with E-state index in [1.54, 1.807) is 0 Å². The summed E-state index contributed by atoms with van der Waals surface area (Å²) in [5.74, 6) is -3.32. The average Bonchev–Trinajstić information content (AvgIpc) is 2.82. The quantitative estimate of drug-likeness (QED) is 0.634. The highest BCUT2D eigenvalue weighted by atomic mass is 35.5. The molecule has 130 valence electrons. The number of carbonyl (C=O) groups is 3. The Labute approximate surface area is 152 Å². The van der Waals surface area contributed by atoms with Crippen molar-refractivity contribution in [1.29, 1.82) is 0 Å². The third kappa shape index (κ3) is 3.07. The second kappa shape index (κ2) is 6.61. The van der Waals surface area contributed by atoms with Crippen LogP contribution in [0.2, 0.25) is 5.02 Å². The van der Waals surface area contributed by atoms with E-state index < -0.39 is 28.6 Å². The van der Waals surface area contributed by atoms with Crippen LogP contribution in [0.3, 0.4) is 0 Å². The Hall–Kier alpha value is -2.18. The Kier molecular flexibility index (Phi) is 4.67. The van der Waals surface area contributed by atoms with Crippen molar-refractivity contribution in [2.75, 3.05) is 4.90 Å². The number of imide groups is 1. The Morgan fingerprint density at radius 2 is 1.72 bits per heavy atom. The lowest BCUT2D eigenvalue weighted by Gasteiger charge is -2.17. The van der Waals surface area contributed by atoms with Gasteiger partial charge < -0.3 is 5.11 Å². The minimum absolute atomic E-state index is 0.0857. The molecule has 2 amide bonds. The third-order valence-corrected chi connectivity index (χ3v) is 4.78. The third-order valence-electron chi connectivity index (χ3n) is 4.18. The average molecular weight is 384 g/mol. The fourth-order valence-corrected chi connectivity index (χ4v) is 3.31. The number of amides is 2. The van der Waals surface area contributed by atoms with Gasteiger partial charge in [-0.3, -0.25) is 9.59 Å². The number of aliphatic carboxylic acids is 1. The normalized spacial score (nSPS) is 18.0. The molecule has 0 unspecified atom stereocenters. The number of carbonyl (C=O) groups excluding carboxylic acids is 2. The summed E-state index contributed by atoms with van der Waals surface area (Å²) in [6, 6.07) is 2.07. The zero-order valence-corrected chi connectivity index (χ0v) is 14.3. The van der Waals surface area contributed by atoms with E-state index in [-0.39, 0.29) is 16.3 Å². The number of carboxylic acids is 1. The highest BCUT2D eigenvalue weighted by Crippen LogP contribution is 2.38. The first kappa shape index (κ1) is 17.6. The van der Waals surface area contributed by atoms with Crippen molar-refractivity contribution in [3.8, 4) is 0 Å². The van der Waals surface area contributed by atoms with Crippen LogP contribution in [-0.2, 0) is 14.4 Å². The molecular formula is C17H12Cl2FNO4. The van der Waals surface area contributed by atoms with E-state index in [9.17, 15) is 18.8 Å². The maximum atomic E-state index is 14.4. The van der Waals surface area contributed by atoms with Crippen molar-refractivity contribution in [2.24, 2.45) is 0 Å². The van der Waals surface area contributed by atoms with Crippen LogP contribution < -0.4 is 4.90 Å². The van der Waals surface area contributed by atoms with E-state index in [1.807, 2.05) is 0 Å². The smallest absolute Gasteiger partial charge is 0.347 e. The molecule has 1 aromatic rings. The number of nitrogens with zero attached hydrogens (tertiary/aromatic N) is 1. The SMILES string of the molecule is O=C(O)/C(Cl)=C/c1cc(N2C(=O)C3=C(CCCC3)C2=O)c(F)cc1Cl. The van der Waals surface area contributed by atoms with Gasteiger partial charge in [-0.2, -0.15) is 0 Å². The predicted molar refractivity (Wildman–Crippen MR) is 90.9 cm³/mol. The minimum Gasteiger partial charge on any atom is -0.477 e. The largest absolute Gasteiger partial charge is 0.477 e. The van der Waals surface area contributed by atoms with Gasteiger partial charge in [0.15, 0.2) is 0 Å². The summed E-state index contributed by atoms with van der Waals surface area (Å²) in [5.41, 5.74) is 0.670. The Bertz CT molecular complexity index is 848.